The monoisotopic (exact) mass is 332 g/mol. The Balaban J connectivity index is 1.61. The van der Waals surface area contributed by atoms with Gasteiger partial charge in [0.1, 0.15) is 12.4 Å². The van der Waals surface area contributed by atoms with Gasteiger partial charge < -0.3 is 5.11 Å². The van der Waals surface area contributed by atoms with E-state index in [0.717, 1.165) is 50.4 Å². The Morgan fingerprint density at radius 3 is 2.54 bits per heavy atom. The molecule has 4 saturated carbocycles. The Kier molecular flexibility index (Phi) is 3.95. The Labute approximate surface area is 145 Å². The van der Waals surface area contributed by atoms with E-state index in [4.69, 9.17) is 0 Å². The standard InChI is InChI=1S/C21H32O3/c1-20-9-7-14(23)11-13(20)3-4-15-16-5-6-18(19(24)12-22)21(16,2)10-8-17(15)20/h13,15-18,22H,3-12H2,1-2H3/t13-,15+,16+,17+,18-,20-,21-/m0/s1. The van der Waals surface area contributed by atoms with E-state index in [1.165, 1.54) is 19.3 Å². The van der Waals surface area contributed by atoms with E-state index in [9.17, 15) is 14.7 Å². The summed E-state index contributed by atoms with van der Waals surface area (Å²) in [5.41, 5.74) is 0.450. The second-order valence-electron chi connectivity index (χ2n) is 9.70. The summed E-state index contributed by atoms with van der Waals surface area (Å²) < 4.78 is 0. The maximum atomic E-state index is 12.3. The summed E-state index contributed by atoms with van der Waals surface area (Å²) in [5, 5.41) is 9.37. The van der Waals surface area contributed by atoms with Crippen LogP contribution in [-0.2, 0) is 9.59 Å². The van der Waals surface area contributed by atoms with Gasteiger partial charge in [-0.05, 0) is 79.4 Å². The Bertz CT molecular complexity index is 555. The van der Waals surface area contributed by atoms with E-state index >= 15 is 0 Å². The van der Waals surface area contributed by atoms with Gasteiger partial charge in [0.05, 0.1) is 0 Å². The van der Waals surface area contributed by atoms with Gasteiger partial charge in [0, 0.05) is 18.8 Å². The van der Waals surface area contributed by atoms with E-state index in [2.05, 4.69) is 13.8 Å². The predicted molar refractivity (Wildman–Crippen MR) is 92.3 cm³/mol. The Morgan fingerprint density at radius 2 is 1.79 bits per heavy atom. The molecule has 7 atom stereocenters. The predicted octanol–water partition coefficient (Wildman–Crippen LogP) is 3.78. The minimum Gasteiger partial charge on any atom is -0.389 e. The van der Waals surface area contributed by atoms with Gasteiger partial charge in [-0.25, -0.2) is 0 Å². The summed E-state index contributed by atoms with van der Waals surface area (Å²) in [6, 6.07) is 0. The first-order chi connectivity index (χ1) is 11.4. The molecule has 4 aliphatic carbocycles. The molecule has 0 aromatic carbocycles. The van der Waals surface area contributed by atoms with Gasteiger partial charge in [-0.1, -0.05) is 13.8 Å². The lowest BCUT2D eigenvalue weighted by Crippen LogP contribution is -2.54. The maximum absolute atomic E-state index is 12.3. The second-order valence-corrected chi connectivity index (χ2v) is 9.70. The highest BCUT2D eigenvalue weighted by atomic mass is 16.3. The van der Waals surface area contributed by atoms with Crippen molar-refractivity contribution < 1.29 is 14.7 Å². The van der Waals surface area contributed by atoms with E-state index in [1.54, 1.807) is 0 Å². The summed E-state index contributed by atoms with van der Waals surface area (Å²) in [7, 11) is 0. The van der Waals surface area contributed by atoms with Crippen LogP contribution in [-0.4, -0.2) is 23.3 Å². The molecule has 4 fully saturated rings. The average molecular weight is 332 g/mol. The zero-order valence-corrected chi connectivity index (χ0v) is 15.2. The highest BCUT2D eigenvalue weighted by Gasteiger charge is 2.60. The molecule has 0 unspecified atom stereocenters. The number of fused-ring (bicyclic) bond motifs is 5. The zero-order chi connectivity index (χ0) is 17.1. The molecule has 4 rings (SSSR count). The average Bonchev–Trinajstić information content (AvgIpc) is 2.92. The third-order valence-electron chi connectivity index (χ3n) is 9.03. The number of hydrogen-bond donors (Lipinski definition) is 1. The first-order valence-electron chi connectivity index (χ1n) is 10.1. The zero-order valence-electron chi connectivity index (χ0n) is 15.2. The number of carbonyl (C=O) groups is 2. The third kappa shape index (κ3) is 2.19. The van der Waals surface area contributed by atoms with Gasteiger partial charge >= 0.3 is 0 Å². The molecule has 3 nitrogen and oxygen atoms in total. The van der Waals surface area contributed by atoms with E-state index in [0.29, 0.717) is 23.0 Å². The van der Waals surface area contributed by atoms with Crippen LogP contribution in [0.5, 0.6) is 0 Å². The van der Waals surface area contributed by atoms with Gasteiger partial charge in [0.2, 0.25) is 0 Å². The largest absolute Gasteiger partial charge is 0.389 e. The van der Waals surface area contributed by atoms with Crippen molar-refractivity contribution in [1.82, 2.24) is 0 Å². The van der Waals surface area contributed by atoms with Crippen molar-refractivity contribution in [1.29, 1.82) is 0 Å². The summed E-state index contributed by atoms with van der Waals surface area (Å²) in [4.78, 5) is 24.2. The van der Waals surface area contributed by atoms with Crippen molar-refractivity contribution >= 4 is 11.6 Å². The number of ketones is 2. The van der Waals surface area contributed by atoms with Crippen molar-refractivity contribution in [2.45, 2.75) is 71.6 Å². The lowest BCUT2D eigenvalue weighted by atomic mass is 9.44. The number of aliphatic hydroxyl groups excluding tert-OH is 1. The van der Waals surface area contributed by atoms with Crippen LogP contribution < -0.4 is 0 Å². The molecule has 4 aliphatic rings. The molecule has 1 N–H and O–H groups in total. The number of aliphatic hydroxyl groups is 1. The van der Waals surface area contributed by atoms with Crippen LogP contribution in [0.3, 0.4) is 0 Å². The van der Waals surface area contributed by atoms with Crippen LogP contribution >= 0.6 is 0 Å². The van der Waals surface area contributed by atoms with Gasteiger partial charge in [-0.15, -0.1) is 0 Å². The normalized spacial score (nSPS) is 50.8. The number of rotatable bonds is 2. The van der Waals surface area contributed by atoms with Crippen LogP contribution in [0.2, 0.25) is 0 Å². The molecular weight excluding hydrogens is 300 g/mol. The maximum Gasteiger partial charge on any atom is 0.161 e. The lowest BCUT2D eigenvalue weighted by Gasteiger charge is -2.60. The molecular formula is C21H32O3. The minimum absolute atomic E-state index is 0.0709. The molecule has 0 saturated heterocycles. The molecule has 0 aromatic heterocycles. The van der Waals surface area contributed by atoms with Gasteiger partial charge in [0.15, 0.2) is 5.78 Å². The molecule has 0 bridgehead atoms. The fourth-order valence-electron chi connectivity index (χ4n) is 7.68. The van der Waals surface area contributed by atoms with E-state index < -0.39 is 0 Å². The summed E-state index contributed by atoms with van der Waals surface area (Å²) in [6.45, 7) is 4.51. The Hall–Kier alpha value is -0.700. The van der Waals surface area contributed by atoms with Crippen molar-refractivity contribution in [3.63, 3.8) is 0 Å². The highest BCUT2D eigenvalue weighted by Crippen LogP contribution is 2.67. The summed E-state index contributed by atoms with van der Waals surface area (Å²) >= 11 is 0. The van der Waals surface area contributed by atoms with Crippen LogP contribution in [0.15, 0.2) is 0 Å². The number of Topliss-reactive ketones (excluding diaryl/α,β-unsaturated/α-hetero) is 2. The van der Waals surface area contributed by atoms with E-state index in [1.807, 2.05) is 0 Å². The van der Waals surface area contributed by atoms with Crippen LogP contribution in [0.4, 0.5) is 0 Å². The number of carbonyl (C=O) groups excluding carboxylic acids is 2. The van der Waals surface area contributed by atoms with Crippen molar-refractivity contribution in [2.24, 2.45) is 40.4 Å². The fourth-order valence-corrected chi connectivity index (χ4v) is 7.68. The summed E-state index contributed by atoms with van der Waals surface area (Å²) in [5.74, 6) is 3.34. The van der Waals surface area contributed by atoms with E-state index in [-0.39, 0.29) is 23.7 Å². The molecule has 134 valence electrons. The highest BCUT2D eigenvalue weighted by molar-refractivity contribution is 5.83. The van der Waals surface area contributed by atoms with Gasteiger partial charge in [-0.2, -0.15) is 0 Å². The SMILES string of the molecule is C[C@]12CCC(=O)C[C@@H]1CC[C@H]1[C@H]2CC[C@@]2(C)[C@@H]1CC[C@H]2C(=O)CO. The minimum atomic E-state index is -0.289. The quantitative estimate of drug-likeness (QED) is 0.837. The van der Waals surface area contributed by atoms with Crippen LogP contribution in [0.25, 0.3) is 0 Å². The van der Waals surface area contributed by atoms with Gasteiger partial charge in [-0.3, -0.25) is 9.59 Å². The van der Waals surface area contributed by atoms with Gasteiger partial charge in [0.25, 0.3) is 0 Å². The van der Waals surface area contributed by atoms with Crippen LogP contribution in [0.1, 0.15) is 71.6 Å². The van der Waals surface area contributed by atoms with Crippen molar-refractivity contribution in [3.05, 3.63) is 0 Å². The number of hydrogen-bond acceptors (Lipinski definition) is 3. The third-order valence-corrected chi connectivity index (χ3v) is 9.03. The van der Waals surface area contributed by atoms with Crippen molar-refractivity contribution in [3.8, 4) is 0 Å². The lowest BCUT2D eigenvalue weighted by molar-refractivity contribution is -0.144. The molecule has 0 heterocycles. The molecule has 0 amide bonds. The molecule has 3 heteroatoms. The molecule has 0 spiro atoms. The van der Waals surface area contributed by atoms with Crippen molar-refractivity contribution in [2.75, 3.05) is 6.61 Å². The smallest absolute Gasteiger partial charge is 0.161 e. The molecule has 24 heavy (non-hydrogen) atoms. The molecule has 0 radical (unpaired) electrons. The first kappa shape index (κ1) is 16.8. The molecule has 0 aliphatic heterocycles. The fraction of sp³-hybridized carbons (Fsp3) is 0.905. The Morgan fingerprint density at radius 1 is 1.04 bits per heavy atom. The van der Waals surface area contributed by atoms with Crippen LogP contribution in [0, 0.1) is 40.4 Å². The first-order valence-corrected chi connectivity index (χ1v) is 10.1. The second kappa shape index (κ2) is 5.65. The summed E-state index contributed by atoms with van der Waals surface area (Å²) in [6.07, 6.45) is 9.61. The molecule has 0 aromatic rings. The topological polar surface area (TPSA) is 54.4 Å².